The number of hydrogen-bond donors (Lipinski definition) is 2. The molecule has 0 radical (unpaired) electrons. The number of anilines is 1. The molecule has 3 aromatic rings. The van der Waals surface area contributed by atoms with E-state index in [-0.39, 0.29) is 18.3 Å². The van der Waals surface area contributed by atoms with Crippen LogP contribution in [0.2, 0.25) is 0 Å². The number of carbonyl (C=O) groups is 1. The van der Waals surface area contributed by atoms with Gasteiger partial charge >= 0.3 is 0 Å². The highest BCUT2D eigenvalue weighted by Gasteiger charge is 2.32. The van der Waals surface area contributed by atoms with Gasteiger partial charge in [-0.25, -0.2) is 8.42 Å². The first-order valence-electron chi connectivity index (χ1n) is 11.6. The number of sulfonamides is 1. The molecule has 0 saturated carbocycles. The molecule has 35 heavy (non-hydrogen) atoms. The number of nitrogens with one attached hydrogen (secondary N) is 2. The summed E-state index contributed by atoms with van der Waals surface area (Å²) >= 11 is 0. The first-order chi connectivity index (χ1) is 16.6. The number of hydrogen-bond acceptors (Lipinski definition) is 7. The van der Waals surface area contributed by atoms with Crippen LogP contribution < -0.4 is 14.9 Å². The molecular formula is C25H33N5O4S. The van der Waals surface area contributed by atoms with Gasteiger partial charge in [-0.05, 0) is 57.5 Å². The Morgan fingerprint density at radius 3 is 2.43 bits per heavy atom. The van der Waals surface area contributed by atoms with Crippen LogP contribution in [0.4, 0.5) is 5.69 Å². The summed E-state index contributed by atoms with van der Waals surface area (Å²) in [7, 11) is -1.73. The fraction of sp³-hybridized carbons (Fsp3) is 0.400. The highest BCUT2D eigenvalue weighted by molar-refractivity contribution is 7.92. The predicted octanol–water partition coefficient (Wildman–Crippen LogP) is 3.34. The molecule has 0 fully saturated rings. The van der Waals surface area contributed by atoms with Crippen LogP contribution in [0.25, 0.3) is 11.5 Å². The van der Waals surface area contributed by atoms with Crippen LogP contribution in [0.15, 0.2) is 52.9 Å². The molecule has 1 amide bonds. The lowest BCUT2D eigenvalue weighted by molar-refractivity contribution is 0.0953. The van der Waals surface area contributed by atoms with E-state index in [1.165, 1.54) is 4.31 Å². The molecule has 0 spiro atoms. The zero-order valence-corrected chi connectivity index (χ0v) is 21.6. The Morgan fingerprint density at radius 2 is 1.83 bits per heavy atom. The first-order valence-corrected chi connectivity index (χ1v) is 13.4. The Balaban J connectivity index is 2.05. The number of amides is 1. The van der Waals surface area contributed by atoms with Gasteiger partial charge in [-0.1, -0.05) is 37.3 Å². The quantitative estimate of drug-likeness (QED) is 0.415. The highest BCUT2D eigenvalue weighted by atomic mass is 32.2. The fourth-order valence-electron chi connectivity index (χ4n) is 3.80. The minimum Gasteiger partial charge on any atom is -0.419 e. The van der Waals surface area contributed by atoms with Gasteiger partial charge in [0.05, 0.1) is 17.5 Å². The Hall–Kier alpha value is -3.24. The van der Waals surface area contributed by atoms with E-state index in [0.717, 1.165) is 18.2 Å². The van der Waals surface area contributed by atoms with Crippen LogP contribution in [0.1, 0.15) is 49.0 Å². The SMILES string of the molecule is CCCNC(=O)c1cc(-c2nnc([C@@](C)(Cc3ccccc3)NC)o2)cc(N(CC)S(C)(=O)=O)c1. The Labute approximate surface area is 207 Å². The van der Waals surface area contributed by atoms with Crippen LogP contribution in [0.3, 0.4) is 0 Å². The molecule has 1 atom stereocenters. The third-order valence-electron chi connectivity index (χ3n) is 5.79. The normalized spacial score (nSPS) is 13.3. The van der Waals surface area contributed by atoms with Gasteiger partial charge in [0.25, 0.3) is 5.91 Å². The Bertz CT molecular complexity index is 1260. The van der Waals surface area contributed by atoms with Crippen molar-refractivity contribution in [1.29, 1.82) is 0 Å². The molecule has 0 saturated heterocycles. The van der Waals surface area contributed by atoms with Gasteiger partial charge in [-0.2, -0.15) is 0 Å². The van der Waals surface area contributed by atoms with Gasteiger partial charge in [-0.15, -0.1) is 10.2 Å². The van der Waals surface area contributed by atoms with Crippen LogP contribution in [0.5, 0.6) is 0 Å². The molecule has 2 aromatic carbocycles. The minimum atomic E-state index is -3.56. The maximum Gasteiger partial charge on any atom is 0.251 e. The molecule has 9 nitrogen and oxygen atoms in total. The zero-order valence-electron chi connectivity index (χ0n) is 20.8. The number of likely N-dealkylation sites (N-methyl/N-ethyl adjacent to an activating group) is 1. The number of aromatic nitrogens is 2. The van der Waals surface area contributed by atoms with E-state index in [2.05, 4.69) is 20.8 Å². The van der Waals surface area contributed by atoms with Crippen LogP contribution in [-0.2, 0) is 22.0 Å². The van der Waals surface area contributed by atoms with Crippen molar-refractivity contribution in [2.45, 2.75) is 39.2 Å². The van der Waals surface area contributed by atoms with Crippen molar-refractivity contribution in [1.82, 2.24) is 20.8 Å². The molecule has 0 unspecified atom stereocenters. The number of nitrogens with zero attached hydrogens (tertiary/aromatic N) is 3. The molecule has 1 heterocycles. The van der Waals surface area contributed by atoms with Gasteiger partial charge in [0, 0.05) is 24.2 Å². The van der Waals surface area contributed by atoms with Crippen molar-refractivity contribution < 1.29 is 17.6 Å². The van der Waals surface area contributed by atoms with E-state index in [1.54, 1.807) is 25.1 Å². The van der Waals surface area contributed by atoms with Crippen molar-refractivity contribution in [3.05, 3.63) is 65.5 Å². The van der Waals surface area contributed by atoms with Crippen LogP contribution in [-0.4, -0.2) is 50.9 Å². The number of rotatable bonds is 11. The third kappa shape index (κ3) is 6.26. The molecule has 0 aliphatic rings. The van der Waals surface area contributed by atoms with Gasteiger partial charge in [0.1, 0.15) is 0 Å². The molecule has 10 heteroatoms. The lowest BCUT2D eigenvalue weighted by atomic mass is 9.93. The number of benzene rings is 2. The van der Waals surface area contributed by atoms with Gasteiger partial charge in [-0.3, -0.25) is 9.10 Å². The third-order valence-corrected chi connectivity index (χ3v) is 7.06. The van der Waals surface area contributed by atoms with Crippen LogP contribution in [0, 0.1) is 0 Å². The van der Waals surface area contributed by atoms with Gasteiger partial charge in [0.15, 0.2) is 0 Å². The lowest BCUT2D eigenvalue weighted by Crippen LogP contribution is -2.39. The molecule has 3 rings (SSSR count). The van der Waals surface area contributed by atoms with Crippen molar-refractivity contribution in [2.75, 3.05) is 30.7 Å². The second kappa shape index (κ2) is 11.0. The fourth-order valence-corrected chi connectivity index (χ4v) is 4.75. The molecule has 188 valence electrons. The summed E-state index contributed by atoms with van der Waals surface area (Å²) in [5.41, 5.74) is 1.60. The molecule has 2 N–H and O–H groups in total. The summed E-state index contributed by atoms with van der Waals surface area (Å²) < 4.78 is 32.1. The Kier molecular flexibility index (Phi) is 8.29. The average molecular weight is 500 g/mol. The summed E-state index contributed by atoms with van der Waals surface area (Å²) in [5, 5.41) is 14.6. The van der Waals surface area contributed by atoms with E-state index >= 15 is 0 Å². The van der Waals surface area contributed by atoms with E-state index in [0.29, 0.717) is 35.7 Å². The van der Waals surface area contributed by atoms with Crippen molar-refractivity contribution >= 4 is 21.6 Å². The second-order valence-electron chi connectivity index (χ2n) is 8.61. The maximum absolute atomic E-state index is 12.8. The monoisotopic (exact) mass is 499 g/mol. The maximum atomic E-state index is 12.8. The van der Waals surface area contributed by atoms with Crippen molar-refractivity contribution in [3.8, 4) is 11.5 Å². The largest absolute Gasteiger partial charge is 0.419 e. The minimum absolute atomic E-state index is 0.200. The smallest absolute Gasteiger partial charge is 0.251 e. The van der Waals surface area contributed by atoms with E-state index < -0.39 is 15.6 Å². The molecule has 0 aliphatic carbocycles. The molecule has 1 aromatic heterocycles. The summed E-state index contributed by atoms with van der Waals surface area (Å²) in [6, 6.07) is 14.8. The summed E-state index contributed by atoms with van der Waals surface area (Å²) in [6.07, 6.45) is 2.53. The van der Waals surface area contributed by atoms with E-state index in [4.69, 9.17) is 4.42 Å². The molecule has 0 bridgehead atoms. The van der Waals surface area contributed by atoms with Crippen molar-refractivity contribution in [3.63, 3.8) is 0 Å². The Morgan fingerprint density at radius 1 is 1.11 bits per heavy atom. The first kappa shape index (κ1) is 26.4. The van der Waals surface area contributed by atoms with Crippen molar-refractivity contribution in [2.24, 2.45) is 0 Å². The standard InChI is InChI=1S/C25H33N5O4S/c1-6-13-27-22(31)19-14-20(16-21(15-19)30(7-2)35(5,32)33)23-28-29-24(34-23)25(3,26-4)17-18-11-9-8-10-12-18/h8-12,14-16,26H,6-7,13,17H2,1-5H3,(H,27,31)/t25-/m1/s1. The van der Waals surface area contributed by atoms with E-state index in [1.807, 2.05) is 51.2 Å². The van der Waals surface area contributed by atoms with E-state index in [9.17, 15) is 13.2 Å². The summed E-state index contributed by atoms with van der Waals surface area (Å²) in [6.45, 7) is 6.38. The lowest BCUT2D eigenvalue weighted by Gasteiger charge is -2.25. The summed E-state index contributed by atoms with van der Waals surface area (Å²) in [5.74, 6) is 0.283. The topological polar surface area (TPSA) is 117 Å². The van der Waals surface area contributed by atoms with Crippen LogP contribution >= 0.6 is 0 Å². The second-order valence-corrected chi connectivity index (χ2v) is 10.5. The predicted molar refractivity (Wildman–Crippen MR) is 137 cm³/mol. The average Bonchev–Trinajstić information content (AvgIpc) is 3.34. The van der Waals surface area contributed by atoms with Gasteiger partial charge < -0.3 is 15.1 Å². The number of carbonyl (C=O) groups excluding carboxylic acids is 1. The molecule has 0 aliphatic heterocycles. The summed E-state index contributed by atoms with van der Waals surface area (Å²) in [4.78, 5) is 12.8. The molecular weight excluding hydrogens is 466 g/mol. The van der Waals surface area contributed by atoms with Gasteiger partial charge in [0.2, 0.25) is 21.8 Å². The highest BCUT2D eigenvalue weighted by Crippen LogP contribution is 2.31. The zero-order chi connectivity index (χ0) is 25.6.